The number of carbonyl (C=O) groups excluding carboxylic acids is 1. The minimum absolute atomic E-state index is 0.0892. The predicted molar refractivity (Wildman–Crippen MR) is 71.2 cm³/mol. The third-order valence-corrected chi connectivity index (χ3v) is 2.46. The summed E-state index contributed by atoms with van der Waals surface area (Å²) in [6.45, 7) is 4.73. The van der Waals surface area contributed by atoms with Crippen LogP contribution in [0.1, 0.15) is 45.4 Å². The zero-order valence-corrected chi connectivity index (χ0v) is 11.2. The first-order chi connectivity index (χ1) is 8.81. The van der Waals surface area contributed by atoms with Crippen LogP contribution in [0.2, 0.25) is 0 Å². The van der Waals surface area contributed by atoms with Gasteiger partial charge in [-0.25, -0.2) is 0 Å². The monoisotopic (exact) mass is 256 g/mol. The number of nitrogens with one attached hydrogen (secondary N) is 1. The van der Waals surface area contributed by atoms with Crippen molar-refractivity contribution >= 4 is 5.97 Å². The Morgan fingerprint density at radius 3 is 2.67 bits per heavy atom. The lowest BCUT2D eigenvalue weighted by Crippen LogP contribution is -2.17. The number of unbranched alkanes of at least 4 members (excludes halogenated alkanes) is 3. The van der Waals surface area contributed by atoms with E-state index in [1.165, 1.54) is 0 Å². The number of esters is 1. The van der Waals surface area contributed by atoms with Crippen molar-refractivity contribution in [2.75, 3.05) is 26.2 Å². The highest BCUT2D eigenvalue weighted by molar-refractivity contribution is 5.69. The van der Waals surface area contributed by atoms with Crippen LogP contribution < -0.4 is 5.32 Å². The second-order valence-corrected chi connectivity index (χ2v) is 4.03. The van der Waals surface area contributed by atoms with Crippen LogP contribution in [-0.2, 0) is 9.53 Å². The van der Waals surface area contributed by atoms with Gasteiger partial charge in [0.1, 0.15) is 0 Å². The summed E-state index contributed by atoms with van der Waals surface area (Å²) in [7, 11) is 0. The zero-order chi connectivity index (χ0) is 13.5. The van der Waals surface area contributed by atoms with E-state index < -0.39 is 0 Å². The minimum Gasteiger partial charge on any atom is -0.466 e. The van der Waals surface area contributed by atoms with E-state index in [2.05, 4.69) is 15.3 Å². The molecule has 0 saturated carbocycles. The standard InChI is InChI=1S/C12H24N4O2/c1-2-18-12(17)8-5-3-4-6-9-14-10-7-11-15-16-13/h14H,2-11H2,1H3. The summed E-state index contributed by atoms with van der Waals surface area (Å²) in [5.41, 5.74) is 8.07. The van der Waals surface area contributed by atoms with Crippen molar-refractivity contribution in [2.45, 2.75) is 45.4 Å². The largest absolute Gasteiger partial charge is 0.466 e. The molecule has 0 aromatic rings. The maximum atomic E-state index is 11.0. The molecule has 0 amide bonds. The fourth-order valence-corrected chi connectivity index (χ4v) is 1.55. The van der Waals surface area contributed by atoms with Crippen LogP contribution in [0, 0.1) is 0 Å². The van der Waals surface area contributed by atoms with Gasteiger partial charge in [-0.05, 0) is 44.8 Å². The lowest BCUT2D eigenvalue weighted by Gasteiger charge is -2.04. The number of carbonyl (C=O) groups is 1. The number of rotatable bonds is 12. The third-order valence-electron chi connectivity index (χ3n) is 2.46. The van der Waals surface area contributed by atoms with Gasteiger partial charge < -0.3 is 10.1 Å². The number of hydrogen-bond acceptors (Lipinski definition) is 4. The molecule has 0 radical (unpaired) electrons. The second-order valence-electron chi connectivity index (χ2n) is 4.03. The molecule has 18 heavy (non-hydrogen) atoms. The Hall–Kier alpha value is -1.26. The molecule has 0 fully saturated rings. The predicted octanol–water partition coefficient (Wildman–Crippen LogP) is 2.79. The van der Waals surface area contributed by atoms with Gasteiger partial charge in [-0.1, -0.05) is 18.0 Å². The van der Waals surface area contributed by atoms with Crippen LogP contribution in [0.4, 0.5) is 0 Å². The van der Waals surface area contributed by atoms with Gasteiger partial charge in [0.05, 0.1) is 6.61 Å². The molecule has 6 nitrogen and oxygen atoms in total. The molecule has 0 rings (SSSR count). The number of ether oxygens (including phenoxy) is 1. The Bertz CT molecular complexity index is 252. The SMILES string of the molecule is CCOC(=O)CCCCCCNCCCN=[N+]=[N-]. The molecule has 0 atom stereocenters. The molecule has 0 bridgehead atoms. The molecule has 0 heterocycles. The maximum absolute atomic E-state index is 11.0. The highest BCUT2D eigenvalue weighted by atomic mass is 16.5. The summed E-state index contributed by atoms with van der Waals surface area (Å²) in [6, 6.07) is 0. The quantitative estimate of drug-likeness (QED) is 0.191. The summed E-state index contributed by atoms with van der Waals surface area (Å²) in [5, 5.41) is 6.75. The minimum atomic E-state index is -0.0892. The van der Waals surface area contributed by atoms with E-state index in [0.29, 0.717) is 19.6 Å². The Kier molecular flexibility index (Phi) is 12.8. The highest BCUT2D eigenvalue weighted by Gasteiger charge is 2.00. The van der Waals surface area contributed by atoms with Crippen molar-refractivity contribution in [1.29, 1.82) is 0 Å². The van der Waals surface area contributed by atoms with Gasteiger partial charge in [0.2, 0.25) is 0 Å². The van der Waals surface area contributed by atoms with E-state index >= 15 is 0 Å². The molecular weight excluding hydrogens is 232 g/mol. The van der Waals surface area contributed by atoms with Crippen LogP contribution in [0.15, 0.2) is 5.11 Å². The van der Waals surface area contributed by atoms with Crippen LogP contribution in [-0.4, -0.2) is 32.2 Å². The van der Waals surface area contributed by atoms with E-state index in [0.717, 1.165) is 45.2 Å². The van der Waals surface area contributed by atoms with Crippen molar-refractivity contribution in [3.63, 3.8) is 0 Å². The van der Waals surface area contributed by atoms with E-state index in [1.807, 2.05) is 6.92 Å². The van der Waals surface area contributed by atoms with Crippen molar-refractivity contribution in [3.8, 4) is 0 Å². The van der Waals surface area contributed by atoms with Crippen molar-refractivity contribution in [1.82, 2.24) is 5.32 Å². The third kappa shape index (κ3) is 12.8. The molecule has 0 spiro atoms. The molecule has 1 N–H and O–H groups in total. The Morgan fingerprint density at radius 1 is 1.22 bits per heavy atom. The Balaban J connectivity index is 3.07. The first-order valence-corrected chi connectivity index (χ1v) is 6.68. The summed E-state index contributed by atoms with van der Waals surface area (Å²) in [4.78, 5) is 13.7. The van der Waals surface area contributed by atoms with Crippen LogP contribution >= 0.6 is 0 Å². The van der Waals surface area contributed by atoms with Crippen molar-refractivity contribution in [2.24, 2.45) is 5.11 Å². The average Bonchev–Trinajstić information content (AvgIpc) is 2.36. The van der Waals surface area contributed by atoms with E-state index in [4.69, 9.17) is 10.3 Å². The average molecular weight is 256 g/mol. The van der Waals surface area contributed by atoms with Crippen LogP contribution in [0.3, 0.4) is 0 Å². The molecule has 104 valence electrons. The Labute approximate surface area is 109 Å². The second kappa shape index (κ2) is 13.8. The molecule has 0 aliphatic heterocycles. The van der Waals surface area contributed by atoms with Gasteiger partial charge in [-0.15, -0.1) is 0 Å². The normalized spacial score (nSPS) is 9.83. The van der Waals surface area contributed by atoms with Crippen molar-refractivity contribution < 1.29 is 9.53 Å². The lowest BCUT2D eigenvalue weighted by atomic mass is 10.1. The van der Waals surface area contributed by atoms with Gasteiger partial charge in [0.25, 0.3) is 0 Å². The molecule has 0 unspecified atom stereocenters. The number of azide groups is 1. The summed E-state index contributed by atoms with van der Waals surface area (Å²) in [6.07, 6.45) is 5.64. The summed E-state index contributed by atoms with van der Waals surface area (Å²) >= 11 is 0. The number of nitrogens with zero attached hydrogens (tertiary/aromatic N) is 3. The van der Waals surface area contributed by atoms with Gasteiger partial charge in [-0.2, -0.15) is 0 Å². The topological polar surface area (TPSA) is 87.1 Å². The first kappa shape index (κ1) is 16.7. The molecule has 0 aromatic carbocycles. The van der Waals surface area contributed by atoms with E-state index in [-0.39, 0.29) is 5.97 Å². The maximum Gasteiger partial charge on any atom is 0.305 e. The van der Waals surface area contributed by atoms with E-state index in [9.17, 15) is 4.79 Å². The van der Waals surface area contributed by atoms with Gasteiger partial charge in [0.15, 0.2) is 0 Å². The fourth-order valence-electron chi connectivity index (χ4n) is 1.55. The van der Waals surface area contributed by atoms with Gasteiger partial charge in [-0.3, -0.25) is 4.79 Å². The molecule has 0 saturated heterocycles. The summed E-state index contributed by atoms with van der Waals surface area (Å²) < 4.78 is 4.85. The smallest absolute Gasteiger partial charge is 0.305 e. The highest BCUT2D eigenvalue weighted by Crippen LogP contribution is 2.03. The number of hydrogen-bond donors (Lipinski definition) is 1. The molecular formula is C12H24N4O2. The van der Waals surface area contributed by atoms with E-state index in [1.54, 1.807) is 0 Å². The van der Waals surface area contributed by atoms with Gasteiger partial charge in [0, 0.05) is 17.9 Å². The van der Waals surface area contributed by atoms with Crippen molar-refractivity contribution in [3.05, 3.63) is 10.4 Å². The van der Waals surface area contributed by atoms with Crippen LogP contribution in [0.5, 0.6) is 0 Å². The fraction of sp³-hybridized carbons (Fsp3) is 0.917. The molecule has 0 aliphatic rings. The van der Waals surface area contributed by atoms with Gasteiger partial charge >= 0.3 is 5.97 Å². The Morgan fingerprint density at radius 2 is 1.94 bits per heavy atom. The zero-order valence-electron chi connectivity index (χ0n) is 11.2. The van der Waals surface area contributed by atoms with Crippen LogP contribution in [0.25, 0.3) is 10.4 Å². The summed E-state index contributed by atoms with van der Waals surface area (Å²) in [5.74, 6) is -0.0892. The first-order valence-electron chi connectivity index (χ1n) is 6.68. The molecule has 6 heteroatoms. The lowest BCUT2D eigenvalue weighted by molar-refractivity contribution is -0.143. The molecule has 0 aliphatic carbocycles. The molecule has 0 aromatic heterocycles.